The number of hydrogen-bond donors (Lipinski definition) is 0. The lowest BCUT2D eigenvalue weighted by Gasteiger charge is -2.17. The third kappa shape index (κ3) is 4.06. The Morgan fingerprint density at radius 2 is 2.14 bits per heavy atom. The zero-order valence-electron chi connectivity index (χ0n) is 11.9. The molecule has 0 aliphatic carbocycles. The average molecular weight is 328 g/mol. The first kappa shape index (κ1) is 16.0. The van der Waals surface area contributed by atoms with E-state index in [2.05, 4.69) is 9.38 Å². The maximum absolute atomic E-state index is 13.8. The molecule has 1 aromatic heterocycles. The number of benzene rings is 1. The fourth-order valence-electron chi connectivity index (χ4n) is 1.49. The van der Waals surface area contributed by atoms with E-state index < -0.39 is 21.9 Å². The van der Waals surface area contributed by atoms with E-state index in [1.807, 2.05) is 20.8 Å². The number of halogens is 2. The lowest BCUT2D eigenvalue weighted by atomic mass is 10.3. The van der Waals surface area contributed by atoms with Crippen molar-refractivity contribution in [3.8, 4) is 5.69 Å². The highest BCUT2D eigenvalue weighted by atomic mass is 35.5. The SMILES string of the molecule is CC(C)(C)[S@+]([O-])/N=C/c1cn(-c2ccc(Cl)cc2F)cn1. The van der Waals surface area contributed by atoms with Gasteiger partial charge in [0.1, 0.15) is 40.2 Å². The minimum atomic E-state index is -1.35. The van der Waals surface area contributed by atoms with Crippen molar-refractivity contribution < 1.29 is 8.94 Å². The van der Waals surface area contributed by atoms with Crippen molar-refractivity contribution in [2.24, 2.45) is 4.40 Å². The van der Waals surface area contributed by atoms with Gasteiger partial charge in [-0.2, -0.15) is 0 Å². The molecule has 7 heteroatoms. The fraction of sp³-hybridized carbons (Fsp3) is 0.286. The number of imidazole rings is 1. The molecule has 0 unspecified atom stereocenters. The Balaban J connectivity index is 2.20. The monoisotopic (exact) mass is 327 g/mol. The van der Waals surface area contributed by atoms with Crippen molar-refractivity contribution in [1.82, 2.24) is 9.55 Å². The van der Waals surface area contributed by atoms with E-state index in [9.17, 15) is 8.94 Å². The summed E-state index contributed by atoms with van der Waals surface area (Å²) in [6.45, 7) is 5.51. The van der Waals surface area contributed by atoms with Gasteiger partial charge in [0, 0.05) is 11.2 Å². The second-order valence-electron chi connectivity index (χ2n) is 5.40. The van der Waals surface area contributed by atoms with Gasteiger partial charge >= 0.3 is 0 Å². The summed E-state index contributed by atoms with van der Waals surface area (Å²) in [5.74, 6) is -0.443. The maximum atomic E-state index is 13.8. The van der Waals surface area contributed by atoms with Crippen LogP contribution in [0.25, 0.3) is 5.69 Å². The van der Waals surface area contributed by atoms with Gasteiger partial charge in [-0.05, 0) is 39.0 Å². The lowest BCUT2D eigenvalue weighted by molar-refractivity contribution is 0.562. The van der Waals surface area contributed by atoms with E-state index >= 15 is 0 Å². The Labute approximate surface area is 131 Å². The zero-order chi connectivity index (χ0) is 15.6. The van der Waals surface area contributed by atoms with Crippen LogP contribution >= 0.6 is 11.6 Å². The quantitative estimate of drug-likeness (QED) is 0.639. The number of rotatable bonds is 3. The summed E-state index contributed by atoms with van der Waals surface area (Å²) < 4.78 is 30.7. The molecule has 1 aromatic carbocycles. The summed E-state index contributed by atoms with van der Waals surface area (Å²) in [5.41, 5.74) is 0.838. The molecule has 0 bridgehead atoms. The van der Waals surface area contributed by atoms with Crippen LogP contribution in [0.1, 0.15) is 26.5 Å². The summed E-state index contributed by atoms with van der Waals surface area (Å²) >= 11 is 4.37. The average Bonchev–Trinajstić information content (AvgIpc) is 2.83. The summed E-state index contributed by atoms with van der Waals surface area (Å²) in [6, 6.07) is 4.40. The molecular formula is C14H15ClFN3OS. The third-order valence-electron chi connectivity index (χ3n) is 2.60. The number of nitrogens with zero attached hydrogens (tertiary/aromatic N) is 3. The van der Waals surface area contributed by atoms with E-state index in [0.717, 1.165) is 0 Å². The van der Waals surface area contributed by atoms with Crippen LogP contribution in [0, 0.1) is 5.82 Å². The highest BCUT2D eigenvalue weighted by molar-refractivity contribution is 7.91. The van der Waals surface area contributed by atoms with Gasteiger partial charge in [0.25, 0.3) is 0 Å². The van der Waals surface area contributed by atoms with E-state index in [1.165, 1.54) is 23.2 Å². The van der Waals surface area contributed by atoms with Crippen molar-refractivity contribution in [3.63, 3.8) is 0 Å². The first-order valence-corrected chi connectivity index (χ1v) is 7.71. The van der Waals surface area contributed by atoms with Crippen LogP contribution in [-0.4, -0.2) is 25.1 Å². The third-order valence-corrected chi connectivity index (χ3v) is 4.17. The molecule has 0 fully saturated rings. The molecule has 2 rings (SSSR count). The molecule has 112 valence electrons. The highest BCUT2D eigenvalue weighted by Gasteiger charge is 2.25. The summed E-state index contributed by atoms with van der Waals surface area (Å²) in [4.78, 5) is 4.09. The van der Waals surface area contributed by atoms with Crippen LogP contribution in [-0.2, 0) is 11.4 Å². The molecule has 0 spiro atoms. The van der Waals surface area contributed by atoms with Gasteiger partial charge in [-0.1, -0.05) is 16.0 Å². The molecule has 21 heavy (non-hydrogen) atoms. The number of hydrogen-bond acceptors (Lipinski definition) is 3. The maximum Gasteiger partial charge on any atom is 0.148 e. The summed E-state index contributed by atoms with van der Waals surface area (Å²) in [6.07, 6.45) is 4.50. The molecular weight excluding hydrogens is 313 g/mol. The Morgan fingerprint density at radius 1 is 1.43 bits per heavy atom. The molecule has 0 saturated heterocycles. The van der Waals surface area contributed by atoms with Gasteiger partial charge in [0.15, 0.2) is 0 Å². The first-order chi connectivity index (χ1) is 9.77. The lowest BCUT2D eigenvalue weighted by Crippen LogP contribution is -2.25. The van der Waals surface area contributed by atoms with Crippen molar-refractivity contribution >= 4 is 29.2 Å². The van der Waals surface area contributed by atoms with E-state index in [4.69, 9.17) is 11.6 Å². The predicted molar refractivity (Wildman–Crippen MR) is 84.0 cm³/mol. The van der Waals surface area contributed by atoms with Crippen LogP contribution in [0.5, 0.6) is 0 Å². The van der Waals surface area contributed by atoms with Crippen LogP contribution in [0.2, 0.25) is 5.02 Å². The van der Waals surface area contributed by atoms with Crippen LogP contribution < -0.4 is 0 Å². The molecule has 1 atom stereocenters. The minimum absolute atomic E-state index is 0.332. The molecule has 0 N–H and O–H groups in total. The number of aromatic nitrogens is 2. The second kappa shape index (κ2) is 6.17. The van der Waals surface area contributed by atoms with E-state index in [0.29, 0.717) is 16.4 Å². The van der Waals surface area contributed by atoms with Crippen molar-refractivity contribution in [3.05, 3.63) is 47.3 Å². The molecule has 2 aromatic rings. The standard InChI is InChI=1S/C14H15ClFN3OS/c1-14(2,3)21(20)18-7-11-8-19(9-17-11)13-5-4-10(15)6-12(13)16/h4-9H,1-3H3/b18-7+/t21-/m0/s1. The fourth-order valence-corrected chi connectivity index (χ4v) is 2.17. The highest BCUT2D eigenvalue weighted by Crippen LogP contribution is 2.19. The Hall–Kier alpha value is -1.37. The van der Waals surface area contributed by atoms with Crippen molar-refractivity contribution in [2.45, 2.75) is 25.5 Å². The van der Waals surface area contributed by atoms with Gasteiger partial charge in [-0.25, -0.2) is 9.37 Å². The van der Waals surface area contributed by atoms with Crippen molar-refractivity contribution in [1.29, 1.82) is 0 Å². The molecule has 4 nitrogen and oxygen atoms in total. The molecule has 0 amide bonds. The molecule has 1 heterocycles. The molecule has 0 radical (unpaired) electrons. The Kier molecular flexibility index (Phi) is 4.70. The van der Waals surface area contributed by atoms with Crippen LogP contribution in [0.3, 0.4) is 0 Å². The van der Waals surface area contributed by atoms with Gasteiger partial charge in [0.05, 0.1) is 5.69 Å². The normalized spacial score (nSPS) is 13.8. The smallest absolute Gasteiger partial charge is 0.148 e. The topological polar surface area (TPSA) is 53.2 Å². The Morgan fingerprint density at radius 3 is 2.76 bits per heavy atom. The Bertz CT molecular complexity index is 666. The van der Waals surface area contributed by atoms with Gasteiger partial charge in [-0.3, -0.25) is 0 Å². The van der Waals surface area contributed by atoms with Gasteiger partial charge in [0.2, 0.25) is 0 Å². The minimum Gasteiger partial charge on any atom is -0.591 e. The van der Waals surface area contributed by atoms with E-state index in [-0.39, 0.29) is 0 Å². The van der Waals surface area contributed by atoms with E-state index in [1.54, 1.807) is 18.3 Å². The summed E-state index contributed by atoms with van der Waals surface area (Å²) in [7, 11) is 0. The van der Waals surface area contributed by atoms with Gasteiger partial charge in [-0.15, -0.1) is 0 Å². The molecule has 0 aliphatic heterocycles. The van der Waals surface area contributed by atoms with Crippen LogP contribution in [0.15, 0.2) is 35.1 Å². The molecule has 0 aliphatic rings. The van der Waals surface area contributed by atoms with Crippen molar-refractivity contribution in [2.75, 3.05) is 0 Å². The zero-order valence-corrected chi connectivity index (χ0v) is 13.5. The second-order valence-corrected chi connectivity index (χ2v) is 7.77. The first-order valence-electron chi connectivity index (χ1n) is 6.23. The summed E-state index contributed by atoms with van der Waals surface area (Å²) in [5, 5.41) is 0.332. The molecule has 0 saturated carbocycles. The largest absolute Gasteiger partial charge is 0.591 e. The van der Waals surface area contributed by atoms with Gasteiger partial charge < -0.3 is 9.12 Å². The predicted octanol–water partition coefficient (Wildman–Crippen LogP) is 3.55. The van der Waals surface area contributed by atoms with Crippen LogP contribution in [0.4, 0.5) is 4.39 Å².